The van der Waals surface area contributed by atoms with Gasteiger partial charge in [0.15, 0.2) is 11.8 Å². The highest BCUT2D eigenvalue weighted by atomic mass is 16.5. The second kappa shape index (κ2) is 9.67. The zero-order valence-electron chi connectivity index (χ0n) is 17.7. The maximum Gasteiger partial charge on any atom is 0.191 e. The van der Waals surface area contributed by atoms with E-state index in [1.807, 2.05) is 18.5 Å². The van der Waals surface area contributed by atoms with Gasteiger partial charge >= 0.3 is 0 Å². The first-order valence-corrected chi connectivity index (χ1v) is 10.3. The van der Waals surface area contributed by atoms with Crippen LogP contribution in [0.3, 0.4) is 0 Å². The topological polar surface area (TPSA) is 88.8 Å². The monoisotopic (exact) mass is 393 g/mol. The Morgan fingerprint density at radius 1 is 1.21 bits per heavy atom. The van der Waals surface area contributed by atoms with Gasteiger partial charge < -0.3 is 24.7 Å². The summed E-state index contributed by atoms with van der Waals surface area (Å²) in [6, 6.07) is 0. The lowest BCUT2D eigenvalue weighted by atomic mass is 10.0. The van der Waals surface area contributed by atoms with Crippen LogP contribution in [-0.4, -0.2) is 83.3 Å². The first kappa shape index (κ1) is 21.0. The molecule has 2 N–H and O–H groups in total. The molecule has 0 bridgehead atoms. The third kappa shape index (κ3) is 5.65. The van der Waals surface area contributed by atoms with Gasteiger partial charge in [-0.2, -0.15) is 0 Å². The Hall–Kier alpha value is -1.71. The minimum absolute atomic E-state index is 0.0114. The molecule has 2 aliphatic heterocycles. The molecule has 0 saturated carbocycles. The van der Waals surface area contributed by atoms with E-state index >= 15 is 0 Å². The summed E-state index contributed by atoms with van der Waals surface area (Å²) in [5.41, 5.74) is 0.0114. The molecule has 3 rings (SSSR count). The Kier molecular flexibility index (Phi) is 7.25. The number of hydrogen-bond donors (Lipinski definition) is 2. The molecule has 1 aromatic rings. The van der Waals surface area contributed by atoms with Gasteiger partial charge in [0, 0.05) is 45.4 Å². The highest BCUT2D eigenvalue weighted by Gasteiger charge is 2.28. The number of aliphatic imine (C=N–C) groups is 1. The van der Waals surface area contributed by atoms with E-state index in [1.165, 1.54) is 0 Å². The van der Waals surface area contributed by atoms with Crippen LogP contribution in [0.4, 0.5) is 0 Å². The van der Waals surface area contributed by atoms with Crippen LogP contribution in [0.1, 0.15) is 38.3 Å². The number of ether oxygens (including phenoxy) is 2. The third-order valence-electron chi connectivity index (χ3n) is 5.64. The van der Waals surface area contributed by atoms with E-state index in [0.717, 1.165) is 76.4 Å². The second-order valence-electron chi connectivity index (χ2n) is 8.17. The van der Waals surface area contributed by atoms with E-state index < -0.39 is 0 Å². The molecule has 2 saturated heterocycles. The van der Waals surface area contributed by atoms with Crippen LogP contribution >= 0.6 is 0 Å². The van der Waals surface area contributed by atoms with Crippen molar-refractivity contribution in [3.05, 3.63) is 11.6 Å². The van der Waals surface area contributed by atoms with Gasteiger partial charge in [0.2, 0.25) is 0 Å². The number of nitrogens with zero attached hydrogens (tertiary/aromatic N) is 5. The van der Waals surface area contributed by atoms with E-state index in [4.69, 9.17) is 14.5 Å². The van der Waals surface area contributed by atoms with Crippen molar-refractivity contribution in [3.8, 4) is 0 Å². The van der Waals surface area contributed by atoms with Crippen LogP contribution in [0.5, 0.6) is 0 Å². The molecule has 28 heavy (non-hydrogen) atoms. The Morgan fingerprint density at radius 2 is 2.00 bits per heavy atom. The maximum absolute atomic E-state index is 5.74. The normalized spacial score (nSPS) is 21.9. The van der Waals surface area contributed by atoms with Crippen molar-refractivity contribution in [2.24, 2.45) is 12.0 Å². The zero-order valence-corrected chi connectivity index (χ0v) is 17.7. The Labute approximate surface area is 167 Å². The quantitative estimate of drug-likeness (QED) is 0.514. The van der Waals surface area contributed by atoms with Crippen molar-refractivity contribution < 1.29 is 9.47 Å². The van der Waals surface area contributed by atoms with E-state index in [0.29, 0.717) is 6.54 Å². The summed E-state index contributed by atoms with van der Waals surface area (Å²) < 4.78 is 13.2. The van der Waals surface area contributed by atoms with Gasteiger partial charge in [-0.1, -0.05) is 0 Å². The van der Waals surface area contributed by atoms with Gasteiger partial charge in [-0.05, 0) is 33.6 Å². The van der Waals surface area contributed by atoms with E-state index in [2.05, 4.69) is 39.6 Å². The largest absolute Gasteiger partial charge is 0.379 e. The summed E-state index contributed by atoms with van der Waals surface area (Å²) in [5, 5.41) is 15.3. The Balaban J connectivity index is 1.60. The number of aromatic nitrogens is 3. The lowest BCUT2D eigenvalue weighted by molar-refractivity contribution is -0.00835. The number of nitrogens with one attached hydrogen (secondary N) is 2. The number of morpholine rings is 1. The summed E-state index contributed by atoms with van der Waals surface area (Å²) in [5.74, 6) is 2.53. The van der Waals surface area contributed by atoms with Crippen LogP contribution in [-0.2, 0) is 23.1 Å². The van der Waals surface area contributed by atoms with E-state index in [1.54, 1.807) is 0 Å². The molecule has 1 unspecified atom stereocenters. The average Bonchev–Trinajstić information content (AvgIpc) is 3.33. The summed E-state index contributed by atoms with van der Waals surface area (Å²) in [6.07, 6.45) is 2.49. The molecule has 158 valence electrons. The molecule has 2 aliphatic rings. The van der Waals surface area contributed by atoms with Gasteiger partial charge in [0.1, 0.15) is 12.4 Å². The van der Waals surface area contributed by atoms with Crippen molar-refractivity contribution >= 4 is 5.96 Å². The summed E-state index contributed by atoms with van der Waals surface area (Å²) in [6.45, 7) is 12.9. The highest BCUT2D eigenvalue weighted by Crippen LogP contribution is 2.15. The molecule has 0 radical (unpaired) electrons. The lowest BCUT2D eigenvalue weighted by Crippen LogP contribution is -2.56. The minimum atomic E-state index is 0.0114. The standard InChI is InChI=1S/C19H35N7O2/c1-15-23-24-17(25(15)4)13-21-18(20-12-16-6-5-9-28-16)22-14-19(2,3)26-7-10-27-11-8-26/h16H,5-14H2,1-4H3,(H2,20,21,22). The van der Waals surface area contributed by atoms with Crippen molar-refractivity contribution in [2.45, 2.75) is 51.8 Å². The Bertz CT molecular complexity index is 647. The average molecular weight is 394 g/mol. The molecule has 1 atom stereocenters. The molecule has 0 aliphatic carbocycles. The Morgan fingerprint density at radius 3 is 2.64 bits per heavy atom. The van der Waals surface area contributed by atoms with E-state index in [-0.39, 0.29) is 11.6 Å². The van der Waals surface area contributed by atoms with Crippen molar-refractivity contribution in [2.75, 3.05) is 46.0 Å². The smallest absolute Gasteiger partial charge is 0.191 e. The third-order valence-corrected chi connectivity index (χ3v) is 5.64. The van der Waals surface area contributed by atoms with Crippen molar-refractivity contribution in [1.29, 1.82) is 0 Å². The van der Waals surface area contributed by atoms with Gasteiger partial charge in [0.05, 0.1) is 19.3 Å². The second-order valence-corrected chi connectivity index (χ2v) is 8.17. The van der Waals surface area contributed by atoms with Gasteiger partial charge in [-0.3, -0.25) is 4.90 Å². The molecular weight excluding hydrogens is 358 g/mol. The SMILES string of the molecule is Cc1nnc(CN=C(NCC2CCCO2)NCC(C)(C)N2CCOCC2)n1C. The predicted molar refractivity (Wildman–Crippen MR) is 108 cm³/mol. The van der Waals surface area contributed by atoms with Crippen LogP contribution in [0.25, 0.3) is 0 Å². The molecule has 3 heterocycles. The molecule has 0 aromatic carbocycles. The summed E-state index contributed by atoms with van der Waals surface area (Å²) in [7, 11) is 1.97. The molecule has 0 amide bonds. The van der Waals surface area contributed by atoms with Gasteiger partial charge in [-0.25, -0.2) is 4.99 Å². The number of aryl methyl sites for hydroxylation is 1. The highest BCUT2D eigenvalue weighted by molar-refractivity contribution is 5.79. The first-order chi connectivity index (χ1) is 13.5. The van der Waals surface area contributed by atoms with Crippen molar-refractivity contribution in [3.63, 3.8) is 0 Å². The van der Waals surface area contributed by atoms with Crippen LogP contribution in [0.2, 0.25) is 0 Å². The predicted octanol–water partition coefficient (Wildman–Crippen LogP) is 0.449. The summed E-state index contributed by atoms with van der Waals surface area (Å²) >= 11 is 0. The van der Waals surface area contributed by atoms with Gasteiger partial charge in [0.25, 0.3) is 0 Å². The summed E-state index contributed by atoms with van der Waals surface area (Å²) in [4.78, 5) is 7.22. The molecule has 9 nitrogen and oxygen atoms in total. The number of hydrogen-bond acceptors (Lipinski definition) is 6. The lowest BCUT2D eigenvalue weighted by Gasteiger charge is -2.41. The number of guanidine groups is 1. The van der Waals surface area contributed by atoms with Crippen LogP contribution < -0.4 is 10.6 Å². The number of rotatable bonds is 7. The molecule has 2 fully saturated rings. The molecule has 0 spiro atoms. The van der Waals surface area contributed by atoms with Crippen LogP contribution in [0, 0.1) is 6.92 Å². The zero-order chi connectivity index (χ0) is 20.0. The fourth-order valence-corrected chi connectivity index (χ4v) is 3.51. The minimum Gasteiger partial charge on any atom is -0.379 e. The fraction of sp³-hybridized carbons (Fsp3) is 0.842. The first-order valence-electron chi connectivity index (χ1n) is 10.3. The van der Waals surface area contributed by atoms with E-state index in [9.17, 15) is 0 Å². The fourth-order valence-electron chi connectivity index (χ4n) is 3.51. The molecule has 1 aromatic heterocycles. The maximum atomic E-state index is 5.74. The van der Waals surface area contributed by atoms with Crippen molar-refractivity contribution in [1.82, 2.24) is 30.3 Å². The molecule has 9 heteroatoms. The molecular formula is C19H35N7O2. The van der Waals surface area contributed by atoms with Crippen LogP contribution in [0.15, 0.2) is 4.99 Å². The van der Waals surface area contributed by atoms with Gasteiger partial charge in [-0.15, -0.1) is 10.2 Å².